The topological polar surface area (TPSA) is 58.2 Å². The van der Waals surface area contributed by atoms with Gasteiger partial charge in [0.1, 0.15) is 0 Å². The lowest BCUT2D eigenvalue weighted by Gasteiger charge is -2.10. The lowest BCUT2D eigenvalue weighted by molar-refractivity contribution is 0.601. The van der Waals surface area contributed by atoms with Crippen molar-refractivity contribution in [3.63, 3.8) is 0 Å². The van der Waals surface area contributed by atoms with Crippen molar-refractivity contribution in [2.45, 2.75) is 11.4 Å². The van der Waals surface area contributed by atoms with E-state index in [-0.39, 0.29) is 4.90 Å². The first-order chi connectivity index (χ1) is 9.92. The summed E-state index contributed by atoms with van der Waals surface area (Å²) in [6, 6.07) is 11.8. The summed E-state index contributed by atoms with van der Waals surface area (Å²) in [5.41, 5.74) is 1.27. The minimum atomic E-state index is -3.62. The van der Waals surface area contributed by atoms with Crippen LogP contribution >= 0.6 is 34.2 Å². The third-order valence-corrected chi connectivity index (χ3v) is 5.26. The van der Waals surface area contributed by atoms with E-state index in [1.54, 1.807) is 31.3 Å². The molecule has 4 nitrogen and oxygen atoms in total. The maximum atomic E-state index is 12.4. The molecule has 2 aromatic rings. The minimum Gasteiger partial charge on any atom is -0.316 e. The van der Waals surface area contributed by atoms with Gasteiger partial charge in [-0.15, -0.1) is 0 Å². The summed E-state index contributed by atoms with van der Waals surface area (Å²) >= 11 is 8.21. The zero-order valence-corrected chi connectivity index (χ0v) is 15.0. The van der Waals surface area contributed by atoms with Gasteiger partial charge in [-0.1, -0.05) is 11.6 Å². The summed E-state index contributed by atoms with van der Waals surface area (Å²) in [6.45, 7) is 0.506. The molecule has 0 amide bonds. The molecule has 2 rings (SSSR count). The molecule has 2 N–H and O–H groups in total. The fourth-order valence-corrected chi connectivity index (χ4v) is 3.43. The molecule has 0 radical (unpaired) electrons. The summed E-state index contributed by atoms with van der Waals surface area (Å²) in [4.78, 5) is 0.190. The van der Waals surface area contributed by atoms with Crippen LogP contribution in [-0.4, -0.2) is 15.5 Å². The van der Waals surface area contributed by atoms with E-state index in [1.807, 2.05) is 12.1 Å². The SMILES string of the molecule is CNCc1cc(S(=O)(=O)Nc2ccc(I)cc2)ccc1Cl. The molecule has 0 atom stereocenters. The zero-order valence-electron chi connectivity index (χ0n) is 11.2. The maximum absolute atomic E-state index is 12.4. The van der Waals surface area contributed by atoms with Crippen LogP contribution < -0.4 is 10.0 Å². The molecule has 0 saturated heterocycles. The monoisotopic (exact) mass is 436 g/mol. The molecule has 2 aromatic carbocycles. The molecule has 0 aliphatic heterocycles. The Labute approximate surface area is 143 Å². The Kier molecular flexibility index (Phi) is 5.48. The predicted octanol–water partition coefficient (Wildman–Crippen LogP) is 3.46. The first kappa shape index (κ1) is 16.5. The van der Waals surface area contributed by atoms with E-state index in [4.69, 9.17) is 11.6 Å². The number of benzene rings is 2. The van der Waals surface area contributed by atoms with Gasteiger partial charge < -0.3 is 5.32 Å². The van der Waals surface area contributed by atoms with E-state index in [0.29, 0.717) is 17.3 Å². The van der Waals surface area contributed by atoms with E-state index >= 15 is 0 Å². The van der Waals surface area contributed by atoms with Crippen LogP contribution in [0.15, 0.2) is 47.4 Å². The summed E-state index contributed by atoms with van der Waals surface area (Å²) in [5, 5.41) is 3.50. The van der Waals surface area contributed by atoms with Crippen molar-refractivity contribution in [3.05, 3.63) is 56.6 Å². The molecule has 0 saturated carbocycles. The summed E-state index contributed by atoms with van der Waals surface area (Å²) in [6.07, 6.45) is 0. The lowest BCUT2D eigenvalue weighted by Crippen LogP contribution is -2.14. The van der Waals surface area contributed by atoms with Crippen LogP contribution in [0.25, 0.3) is 0 Å². The van der Waals surface area contributed by atoms with Crippen molar-refractivity contribution >= 4 is 49.9 Å². The van der Waals surface area contributed by atoms with E-state index in [1.165, 1.54) is 6.07 Å². The van der Waals surface area contributed by atoms with E-state index in [0.717, 1.165) is 9.13 Å². The average Bonchev–Trinajstić information content (AvgIpc) is 2.43. The van der Waals surface area contributed by atoms with Crippen LogP contribution in [0.4, 0.5) is 5.69 Å². The number of rotatable bonds is 5. The summed E-state index contributed by atoms with van der Waals surface area (Å²) < 4.78 is 28.4. The number of nitrogens with one attached hydrogen (secondary N) is 2. The van der Waals surface area contributed by atoms with Gasteiger partial charge in [-0.2, -0.15) is 0 Å². The maximum Gasteiger partial charge on any atom is 0.261 e. The lowest BCUT2D eigenvalue weighted by atomic mass is 10.2. The minimum absolute atomic E-state index is 0.190. The Hall–Kier alpha value is -0.830. The fraction of sp³-hybridized carbons (Fsp3) is 0.143. The highest BCUT2D eigenvalue weighted by Crippen LogP contribution is 2.22. The largest absolute Gasteiger partial charge is 0.316 e. The van der Waals surface area contributed by atoms with Gasteiger partial charge in [-0.3, -0.25) is 4.72 Å². The average molecular weight is 437 g/mol. The van der Waals surface area contributed by atoms with Gasteiger partial charge in [-0.25, -0.2) is 8.42 Å². The van der Waals surface area contributed by atoms with Crippen molar-refractivity contribution in [1.29, 1.82) is 0 Å². The van der Waals surface area contributed by atoms with Crippen molar-refractivity contribution in [2.75, 3.05) is 11.8 Å². The van der Waals surface area contributed by atoms with Gasteiger partial charge in [-0.05, 0) is 77.7 Å². The molecule has 0 spiro atoms. The first-order valence-electron chi connectivity index (χ1n) is 6.14. The van der Waals surface area contributed by atoms with E-state index in [2.05, 4.69) is 32.6 Å². The molecule has 112 valence electrons. The molecule has 0 unspecified atom stereocenters. The van der Waals surface area contributed by atoms with Gasteiger partial charge in [0.2, 0.25) is 0 Å². The molecule has 0 bridgehead atoms. The van der Waals surface area contributed by atoms with Crippen molar-refractivity contribution < 1.29 is 8.42 Å². The quantitative estimate of drug-likeness (QED) is 0.706. The number of hydrogen-bond donors (Lipinski definition) is 2. The number of halogens is 2. The van der Waals surface area contributed by atoms with Crippen LogP contribution in [0, 0.1) is 3.57 Å². The number of anilines is 1. The Morgan fingerprint density at radius 3 is 2.43 bits per heavy atom. The van der Waals surface area contributed by atoms with E-state index in [9.17, 15) is 8.42 Å². The van der Waals surface area contributed by atoms with Crippen LogP contribution in [0.5, 0.6) is 0 Å². The Morgan fingerprint density at radius 2 is 1.81 bits per heavy atom. The van der Waals surface area contributed by atoms with E-state index < -0.39 is 10.0 Å². The second-order valence-electron chi connectivity index (χ2n) is 4.40. The molecule has 21 heavy (non-hydrogen) atoms. The molecule has 0 fully saturated rings. The normalized spacial score (nSPS) is 11.4. The zero-order chi connectivity index (χ0) is 15.5. The number of hydrogen-bond acceptors (Lipinski definition) is 3. The van der Waals surface area contributed by atoms with Crippen LogP contribution in [0.1, 0.15) is 5.56 Å². The highest BCUT2D eigenvalue weighted by atomic mass is 127. The van der Waals surface area contributed by atoms with Gasteiger partial charge >= 0.3 is 0 Å². The van der Waals surface area contributed by atoms with Gasteiger partial charge in [0, 0.05) is 20.8 Å². The Bertz CT molecular complexity index is 733. The third-order valence-electron chi connectivity index (χ3n) is 2.79. The molecular formula is C14H14ClIN2O2S. The van der Waals surface area contributed by atoms with Gasteiger partial charge in [0.05, 0.1) is 4.90 Å². The predicted molar refractivity (Wildman–Crippen MR) is 94.2 cm³/mol. The smallest absolute Gasteiger partial charge is 0.261 e. The van der Waals surface area contributed by atoms with Crippen LogP contribution in [-0.2, 0) is 16.6 Å². The molecule has 0 aliphatic carbocycles. The fourth-order valence-electron chi connectivity index (χ4n) is 1.78. The second-order valence-corrected chi connectivity index (χ2v) is 7.73. The highest BCUT2D eigenvalue weighted by molar-refractivity contribution is 14.1. The van der Waals surface area contributed by atoms with Crippen molar-refractivity contribution in [1.82, 2.24) is 5.32 Å². The van der Waals surface area contributed by atoms with Crippen LogP contribution in [0.2, 0.25) is 5.02 Å². The molecule has 0 aromatic heterocycles. The van der Waals surface area contributed by atoms with Gasteiger partial charge in [0.25, 0.3) is 10.0 Å². The molecule has 0 aliphatic rings. The van der Waals surface area contributed by atoms with Gasteiger partial charge in [0.15, 0.2) is 0 Å². The highest BCUT2D eigenvalue weighted by Gasteiger charge is 2.15. The number of sulfonamides is 1. The van der Waals surface area contributed by atoms with Crippen molar-refractivity contribution in [2.24, 2.45) is 0 Å². The Balaban J connectivity index is 2.31. The Morgan fingerprint density at radius 1 is 1.14 bits per heavy atom. The second kappa shape index (κ2) is 6.95. The molecular weight excluding hydrogens is 423 g/mol. The molecule has 7 heteroatoms. The third kappa shape index (κ3) is 4.32. The summed E-state index contributed by atoms with van der Waals surface area (Å²) in [5.74, 6) is 0. The standard InChI is InChI=1S/C14H14ClIN2O2S/c1-17-9-10-8-13(6-7-14(10)15)21(19,20)18-12-4-2-11(16)3-5-12/h2-8,17-18H,9H2,1H3. The first-order valence-corrected chi connectivity index (χ1v) is 9.08. The van der Waals surface area contributed by atoms with Crippen molar-refractivity contribution in [3.8, 4) is 0 Å². The summed E-state index contributed by atoms with van der Waals surface area (Å²) in [7, 11) is -1.84. The molecule has 0 heterocycles. The van der Waals surface area contributed by atoms with Crippen LogP contribution in [0.3, 0.4) is 0 Å².